The summed E-state index contributed by atoms with van der Waals surface area (Å²) < 4.78 is 23.2. The van der Waals surface area contributed by atoms with Crippen LogP contribution in [0.2, 0.25) is 0 Å². The zero-order chi connectivity index (χ0) is 17.7. The summed E-state index contributed by atoms with van der Waals surface area (Å²) >= 11 is 0. The molecule has 2 N–H and O–H groups in total. The topological polar surface area (TPSA) is 95.6 Å². The van der Waals surface area contributed by atoms with Gasteiger partial charge in [0.05, 0.1) is 18.1 Å². The highest BCUT2D eigenvalue weighted by molar-refractivity contribution is 7.91. The average Bonchev–Trinajstić information content (AvgIpc) is 2.85. The minimum Gasteiger partial charge on any atom is -0.376 e. The van der Waals surface area contributed by atoms with Crippen molar-refractivity contribution in [2.24, 2.45) is 0 Å². The van der Waals surface area contributed by atoms with Crippen molar-refractivity contribution in [3.05, 3.63) is 24.3 Å². The van der Waals surface area contributed by atoms with E-state index >= 15 is 0 Å². The zero-order valence-electron chi connectivity index (χ0n) is 13.9. The van der Waals surface area contributed by atoms with Crippen LogP contribution in [0.15, 0.2) is 24.3 Å². The van der Waals surface area contributed by atoms with E-state index in [1.807, 2.05) is 6.92 Å². The van der Waals surface area contributed by atoms with Crippen molar-refractivity contribution >= 4 is 33.0 Å². The van der Waals surface area contributed by atoms with Gasteiger partial charge < -0.3 is 15.5 Å². The molecule has 1 aliphatic rings. The summed E-state index contributed by atoms with van der Waals surface area (Å²) in [7, 11) is -3.02. The van der Waals surface area contributed by atoms with E-state index in [1.165, 1.54) is 6.92 Å². The molecule has 0 aliphatic carbocycles. The van der Waals surface area contributed by atoms with Gasteiger partial charge in [-0.2, -0.15) is 0 Å². The molecule has 1 atom stereocenters. The maximum atomic E-state index is 12.4. The summed E-state index contributed by atoms with van der Waals surface area (Å²) in [6.45, 7) is 3.83. The first-order valence-corrected chi connectivity index (χ1v) is 9.74. The van der Waals surface area contributed by atoms with Crippen molar-refractivity contribution < 1.29 is 18.0 Å². The Hall–Kier alpha value is -2.09. The summed E-state index contributed by atoms with van der Waals surface area (Å²) in [6.07, 6.45) is 0.500. The zero-order valence-corrected chi connectivity index (χ0v) is 14.7. The van der Waals surface area contributed by atoms with E-state index in [0.29, 0.717) is 24.3 Å². The molecule has 0 saturated carbocycles. The fourth-order valence-corrected chi connectivity index (χ4v) is 4.58. The summed E-state index contributed by atoms with van der Waals surface area (Å²) in [5.41, 5.74) is 1.36. The quantitative estimate of drug-likeness (QED) is 0.798. The second kappa shape index (κ2) is 7.65. The number of carbonyl (C=O) groups is 2. The van der Waals surface area contributed by atoms with Crippen LogP contribution in [0.25, 0.3) is 0 Å². The largest absolute Gasteiger partial charge is 0.376 e. The SMILES string of the molecule is CCN(C(=O)CNc1cccc(NC(C)=O)c1)C1CCS(=O)(=O)C1. The van der Waals surface area contributed by atoms with Crippen LogP contribution in [0.5, 0.6) is 0 Å². The number of rotatable bonds is 6. The standard InChI is InChI=1S/C16H23N3O4S/c1-3-19(15-7-8-24(22,23)11-15)16(21)10-17-13-5-4-6-14(9-13)18-12(2)20/h4-6,9,15,17H,3,7-8,10-11H2,1-2H3,(H,18,20). The third-order valence-electron chi connectivity index (χ3n) is 3.94. The second-order valence-electron chi connectivity index (χ2n) is 5.85. The Morgan fingerprint density at radius 1 is 1.29 bits per heavy atom. The van der Waals surface area contributed by atoms with Gasteiger partial charge >= 0.3 is 0 Å². The molecule has 24 heavy (non-hydrogen) atoms. The van der Waals surface area contributed by atoms with Gasteiger partial charge in [-0.1, -0.05) is 6.07 Å². The molecule has 1 fully saturated rings. The predicted octanol–water partition coefficient (Wildman–Crippen LogP) is 1.09. The van der Waals surface area contributed by atoms with Gasteiger partial charge in [0.25, 0.3) is 0 Å². The maximum Gasteiger partial charge on any atom is 0.242 e. The highest BCUT2D eigenvalue weighted by Gasteiger charge is 2.33. The van der Waals surface area contributed by atoms with Crippen LogP contribution in [0.3, 0.4) is 0 Å². The number of benzene rings is 1. The van der Waals surface area contributed by atoms with Gasteiger partial charge in [-0.3, -0.25) is 9.59 Å². The van der Waals surface area contributed by atoms with Gasteiger partial charge in [-0.05, 0) is 31.5 Å². The van der Waals surface area contributed by atoms with Gasteiger partial charge in [-0.15, -0.1) is 0 Å². The number of nitrogens with one attached hydrogen (secondary N) is 2. The monoisotopic (exact) mass is 353 g/mol. The molecule has 1 aromatic carbocycles. The van der Waals surface area contributed by atoms with E-state index in [1.54, 1.807) is 29.2 Å². The molecule has 0 spiro atoms. The van der Waals surface area contributed by atoms with Crippen molar-refractivity contribution in [3.8, 4) is 0 Å². The molecule has 8 heteroatoms. The van der Waals surface area contributed by atoms with E-state index in [-0.39, 0.29) is 35.9 Å². The lowest BCUT2D eigenvalue weighted by Crippen LogP contribution is -2.43. The molecule has 2 amide bonds. The van der Waals surface area contributed by atoms with Crippen LogP contribution in [-0.2, 0) is 19.4 Å². The Morgan fingerprint density at radius 3 is 2.58 bits per heavy atom. The number of anilines is 2. The molecule has 1 unspecified atom stereocenters. The minimum absolute atomic E-state index is 0.0462. The molecule has 1 aromatic rings. The number of nitrogens with zero attached hydrogens (tertiary/aromatic N) is 1. The van der Waals surface area contributed by atoms with E-state index in [4.69, 9.17) is 0 Å². The molecule has 1 heterocycles. The number of amides is 2. The summed E-state index contributed by atoms with van der Waals surface area (Å²) in [5, 5.41) is 5.70. The van der Waals surface area contributed by atoms with E-state index in [9.17, 15) is 18.0 Å². The number of likely N-dealkylation sites (N-methyl/N-ethyl adjacent to an activating group) is 1. The Labute approximate surface area is 142 Å². The van der Waals surface area contributed by atoms with Gasteiger partial charge in [0, 0.05) is 30.9 Å². The smallest absolute Gasteiger partial charge is 0.242 e. The maximum absolute atomic E-state index is 12.4. The molecule has 0 bridgehead atoms. The fourth-order valence-electron chi connectivity index (χ4n) is 2.85. The Kier molecular flexibility index (Phi) is 5.82. The normalized spacial score (nSPS) is 18.8. The minimum atomic E-state index is -3.02. The number of hydrogen-bond acceptors (Lipinski definition) is 5. The number of hydrogen-bond donors (Lipinski definition) is 2. The van der Waals surface area contributed by atoms with Gasteiger partial charge in [-0.25, -0.2) is 8.42 Å². The van der Waals surface area contributed by atoms with Gasteiger partial charge in [0.1, 0.15) is 0 Å². The van der Waals surface area contributed by atoms with Crippen molar-refractivity contribution in [2.75, 3.05) is 35.2 Å². The third-order valence-corrected chi connectivity index (χ3v) is 5.69. The highest BCUT2D eigenvalue weighted by Crippen LogP contribution is 2.19. The fraction of sp³-hybridized carbons (Fsp3) is 0.500. The highest BCUT2D eigenvalue weighted by atomic mass is 32.2. The molecule has 2 rings (SSSR count). The Balaban J connectivity index is 1.95. The van der Waals surface area contributed by atoms with Gasteiger partial charge in [0.15, 0.2) is 9.84 Å². The first-order chi connectivity index (χ1) is 11.3. The van der Waals surface area contributed by atoms with Crippen LogP contribution in [0.1, 0.15) is 20.3 Å². The molecule has 7 nitrogen and oxygen atoms in total. The van der Waals surface area contributed by atoms with E-state index in [2.05, 4.69) is 10.6 Å². The summed E-state index contributed by atoms with van der Waals surface area (Å²) in [6, 6.07) is 6.84. The first-order valence-electron chi connectivity index (χ1n) is 7.92. The predicted molar refractivity (Wildman–Crippen MR) is 93.7 cm³/mol. The molecule has 0 radical (unpaired) electrons. The lowest BCUT2D eigenvalue weighted by Gasteiger charge is -2.27. The van der Waals surface area contributed by atoms with Crippen LogP contribution < -0.4 is 10.6 Å². The van der Waals surface area contributed by atoms with Gasteiger partial charge in [0.2, 0.25) is 11.8 Å². The van der Waals surface area contributed by atoms with Crippen molar-refractivity contribution in [3.63, 3.8) is 0 Å². The lowest BCUT2D eigenvalue weighted by atomic mass is 10.2. The third kappa shape index (κ3) is 4.95. The molecule has 1 saturated heterocycles. The summed E-state index contributed by atoms with van der Waals surface area (Å²) in [4.78, 5) is 25.1. The first kappa shape index (κ1) is 18.3. The van der Waals surface area contributed by atoms with Crippen molar-refractivity contribution in [2.45, 2.75) is 26.3 Å². The van der Waals surface area contributed by atoms with Crippen LogP contribution in [0.4, 0.5) is 11.4 Å². The molecular weight excluding hydrogens is 330 g/mol. The van der Waals surface area contributed by atoms with Crippen LogP contribution in [-0.4, -0.2) is 55.8 Å². The molecule has 132 valence electrons. The van der Waals surface area contributed by atoms with Crippen LogP contribution >= 0.6 is 0 Å². The molecular formula is C16H23N3O4S. The molecule has 1 aliphatic heterocycles. The van der Waals surface area contributed by atoms with Crippen molar-refractivity contribution in [1.29, 1.82) is 0 Å². The Bertz CT molecular complexity index is 718. The van der Waals surface area contributed by atoms with Crippen LogP contribution in [0, 0.1) is 0 Å². The van der Waals surface area contributed by atoms with Crippen molar-refractivity contribution in [1.82, 2.24) is 4.90 Å². The lowest BCUT2D eigenvalue weighted by molar-refractivity contribution is -0.130. The second-order valence-corrected chi connectivity index (χ2v) is 8.08. The molecule has 0 aromatic heterocycles. The number of sulfone groups is 1. The van der Waals surface area contributed by atoms with E-state index in [0.717, 1.165) is 0 Å². The van der Waals surface area contributed by atoms with E-state index < -0.39 is 9.84 Å². The number of carbonyl (C=O) groups excluding carboxylic acids is 2. The average molecular weight is 353 g/mol. The summed E-state index contributed by atoms with van der Waals surface area (Å²) in [5.74, 6) is -0.106. The Morgan fingerprint density at radius 2 is 2.00 bits per heavy atom.